The molecule has 2 fully saturated rings. The lowest BCUT2D eigenvalue weighted by Crippen LogP contribution is -2.43. The molecule has 0 aromatic heterocycles. The molecular weight excluding hydrogens is 208 g/mol. The number of aliphatic hydroxyl groups is 1. The number of rotatable bonds is 3. The first kappa shape index (κ1) is 11.8. The highest BCUT2D eigenvalue weighted by molar-refractivity contribution is 5.79. The number of carbonyl (C=O) groups excluding carboxylic acids is 1. The second-order valence-electron chi connectivity index (χ2n) is 4.81. The lowest BCUT2D eigenvalue weighted by Gasteiger charge is -2.18. The molecule has 0 bridgehead atoms. The van der Waals surface area contributed by atoms with Gasteiger partial charge < -0.3 is 20.9 Å². The summed E-state index contributed by atoms with van der Waals surface area (Å²) in [7, 11) is 0. The van der Waals surface area contributed by atoms with E-state index in [1.807, 2.05) is 0 Å². The van der Waals surface area contributed by atoms with E-state index in [2.05, 4.69) is 5.32 Å². The Labute approximate surface area is 95.3 Å². The molecule has 1 saturated carbocycles. The highest BCUT2D eigenvalue weighted by Crippen LogP contribution is 2.24. The summed E-state index contributed by atoms with van der Waals surface area (Å²) >= 11 is 0. The van der Waals surface area contributed by atoms with Gasteiger partial charge in [-0.15, -0.1) is 0 Å². The maximum Gasteiger partial charge on any atom is 0.227 e. The van der Waals surface area contributed by atoms with Crippen molar-refractivity contribution in [2.24, 2.45) is 17.6 Å². The third-order valence-corrected chi connectivity index (χ3v) is 3.62. The van der Waals surface area contributed by atoms with E-state index in [0.29, 0.717) is 19.8 Å². The molecule has 4 atom stereocenters. The summed E-state index contributed by atoms with van der Waals surface area (Å²) in [4.78, 5) is 11.8. The van der Waals surface area contributed by atoms with Gasteiger partial charge in [0.25, 0.3) is 0 Å². The van der Waals surface area contributed by atoms with E-state index < -0.39 is 0 Å². The fraction of sp³-hybridized carbons (Fsp3) is 0.909. The molecule has 0 aromatic carbocycles. The molecule has 1 heterocycles. The van der Waals surface area contributed by atoms with Crippen molar-refractivity contribution in [2.45, 2.75) is 31.4 Å². The first-order chi connectivity index (χ1) is 7.68. The van der Waals surface area contributed by atoms with Crippen LogP contribution in [-0.4, -0.2) is 42.9 Å². The average molecular weight is 228 g/mol. The summed E-state index contributed by atoms with van der Waals surface area (Å²) in [6, 6.07) is -0.187. The van der Waals surface area contributed by atoms with Crippen LogP contribution >= 0.6 is 0 Å². The minimum Gasteiger partial charge on any atom is -0.393 e. The van der Waals surface area contributed by atoms with Crippen LogP contribution < -0.4 is 11.1 Å². The van der Waals surface area contributed by atoms with E-state index in [-0.39, 0.29) is 29.9 Å². The number of aliphatic hydroxyl groups excluding tert-OH is 1. The highest BCUT2D eigenvalue weighted by Gasteiger charge is 2.32. The van der Waals surface area contributed by atoms with Crippen molar-refractivity contribution in [3.63, 3.8) is 0 Å². The van der Waals surface area contributed by atoms with E-state index in [1.54, 1.807) is 0 Å². The van der Waals surface area contributed by atoms with Gasteiger partial charge >= 0.3 is 0 Å². The minimum atomic E-state index is -0.256. The van der Waals surface area contributed by atoms with Gasteiger partial charge in [0, 0.05) is 18.5 Å². The lowest BCUT2D eigenvalue weighted by molar-refractivity contribution is -0.125. The fourth-order valence-electron chi connectivity index (χ4n) is 2.46. The summed E-state index contributed by atoms with van der Waals surface area (Å²) in [6.45, 7) is 1.44. The Morgan fingerprint density at radius 2 is 2.25 bits per heavy atom. The largest absolute Gasteiger partial charge is 0.393 e. The molecular formula is C11H20N2O3. The van der Waals surface area contributed by atoms with Crippen molar-refractivity contribution in [1.82, 2.24) is 5.32 Å². The predicted octanol–water partition coefficient (Wildman–Crippen LogP) is -0.763. The summed E-state index contributed by atoms with van der Waals surface area (Å²) < 4.78 is 5.15. The zero-order valence-electron chi connectivity index (χ0n) is 9.39. The molecule has 1 amide bonds. The number of ether oxygens (including phenoxy) is 1. The highest BCUT2D eigenvalue weighted by atomic mass is 16.5. The average Bonchev–Trinajstić information content (AvgIpc) is 2.84. The van der Waals surface area contributed by atoms with Crippen LogP contribution in [0.5, 0.6) is 0 Å². The van der Waals surface area contributed by atoms with Gasteiger partial charge in [-0.3, -0.25) is 4.79 Å². The van der Waals surface area contributed by atoms with Crippen molar-refractivity contribution in [1.29, 1.82) is 0 Å². The van der Waals surface area contributed by atoms with Crippen LogP contribution in [0, 0.1) is 11.8 Å². The Balaban J connectivity index is 1.75. The SMILES string of the molecule is NC1COCC1C(=O)NCC1CCCC1O. The van der Waals surface area contributed by atoms with Crippen molar-refractivity contribution in [3.8, 4) is 0 Å². The molecule has 0 radical (unpaired) electrons. The van der Waals surface area contributed by atoms with E-state index in [9.17, 15) is 9.90 Å². The molecule has 0 spiro atoms. The summed E-state index contributed by atoms with van der Waals surface area (Å²) in [6.07, 6.45) is 2.64. The number of carbonyl (C=O) groups is 1. The Bertz CT molecular complexity index is 260. The normalized spacial score (nSPS) is 38.9. The monoisotopic (exact) mass is 228 g/mol. The number of hydrogen-bond donors (Lipinski definition) is 3. The van der Waals surface area contributed by atoms with Gasteiger partial charge in [0.05, 0.1) is 25.2 Å². The number of amides is 1. The molecule has 2 aliphatic rings. The van der Waals surface area contributed by atoms with Crippen LogP contribution in [0.1, 0.15) is 19.3 Å². The van der Waals surface area contributed by atoms with Crippen LogP contribution in [-0.2, 0) is 9.53 Å². The Morgan fingerprint density at radius 1 is 1.44 bits per heavy atom. The standard InChI is InChI=1S/C11H20N2O3/c12-9-6-16-5-8(9)11(15)13-4-7-2-1-3-10(7)14/h7-10,14H,1-6,12H2,(H,13,15). The van der Waals surface area contributed by atoms with E-state index in [1.165, 1.54) is 0 Å². The maximum absolute atomic E-state index is 11.8. The maximum atomic E-state index is 11.8. The number of nitrogens with two attached hydrogens (primary N) is 1. The minimum absolute atomic E-state index is 0.0379. The molecule has 1 saturated heterocycles. The number of hydrogen-bond acceptors (Lipinski definition) is 4. The quantitative estimate of drug-likeness (QED) is 0.592. The smallest absolute Gasteiger partial charge is 0.227 e. The van der Waals surface area contributed by atoms with E-state index in [4.69, 9.17) is 10.5 Å². The molecule has 2 rings (SSSR count). The molecule has 1 aliphatic carbocycles. The van der Waals surface area contributed by atoms with Gasteiger partial charge in [0.2, 0.25) is 5.91 Å². The second-order valence-corrected chi connectivity index (χ2v) is 4.81. The summed E-state index contributed by atoms with van der Waals surface area (Å²) in [5.41, 5.74) is 5.76. The second kappa shape index (κ2) is 5.12. The predicted molar refractivity (Wildman–Crippen MR) is 58.6 cm³/mol. The third kappa shape index (κ3) is 2.53. The van der Waals surface area contributed by atoms with Crippen molar-refractivity contribution >= 4 is 5.91 Å². The molecule has 4 N–H and O–H groups in total. The van der Waals surface area contributed by atoms with Gasteiger partial charge in [0.1, 0.15) is 0 Å². The third-order valence-electron chi connectivity index (χ3n) is 3.62. The summed E-state index contributed by atoms with van der Waals surface area (Å²) in [5, 5.41) is 12.5. The van der Waals surface area contributed by atoms with Gasteiger partial charge in [-0.25, -0.2) is 0 Å². The Morgan fingerprint density at radius 3 is 2.81 bits per heavy atom. The topological polar surface area (TPSA) is 84.6 Å². The van der Waals surface area contributed by atoms with Crippen molar-refractivity contribution in [3.05, 3.63) is 0 Å². The van der Waals surface area contributed by atoms with E-state index in [0.717, 1.165) is 19.3 Å². The lowest BCUT2D eigenvalue weighted by atomic mass is 10.0. The van der Waals surface area contributed by atoms with Crippen LogP contribution in [0.2, 0.25) is 0 Å². The van der Waals surface area contributed by atoms with Gasteiger partial charge in [-0.2, -0.15) is 0 Å². The molecule has 92 valence electrons. The zero-order chi connectivity index (χ0) is 11.5. The molecule has 0 aromatic rings. The van der Waals surface area contributed by atoms with Gasteiger partial charge in [-0.1, -0.05) is 6.42 Å². The van der Waals surface area contributed by atoms with Crippen LogP contribution in [0.4, 0.5) is 0 Å². The molecule has 5 nitrogen and oxygen atoms in total. The van der Waals surface area contributed by atoms with Gasteiger partial charge in [0.15, 0.2) is 0 Å². The number of nitrogens with one attached hydrogen (secondary N) is 1. The van der Waals surface area contributed by atoms with Crippen LogP contribution in [0.25, 0.3) is 0 Å². The van der Waals surface area contributed by atoms with Gasteiger partial charge in [-0.05, 0) is 12.8 Å². The van der Waals surface area contributed by atoms with E-state index >= 15 is 0 Å². The summed E-state index contributed by atoms with van der Waals surface area (Å²) in [5.74, 6) is -0.0508. The first-order valence-corrected chi connectivity index (χ1v) is 5.97. The zero-order valence-corrected chi connectivity index (χ0v) is 9.39. The Kier molecular flexibility index (Phi) is 3.78. The molecule has 4 unspecified atom stereocenters. The van der Waals surface area contributed by atoms with Crippen molar-refractivity contribution in [2.75, 3.05) is 19.8 Å². The molecule has 1 aliphatic heterocycles. The first-order valence-electron chi connectivity index (χ1n) is 5.97. The van der Waals surface area contributed by atoms with Crippen LogP contribution in [0.3, 0.4) is 0 Å². The molecule has 5 heteroatoms. The Hall–Kier alpha value is -0.650. The molecule has 16 heavy (non-hydrogen) atoms. The van der Waals surface area contributed by atoms with Crippen LogP contribution in [0.15, 0.2) is 0 Å². The van der Waals surface area contributed by atoms with Crippen molar-refractivity contribution < 1.29 is 14.6 Å². The fourth-order valence-corrected chi connectivity index (χ4v) is 2.46.